The molecular weight excluding hydrogens is 342 g/mol. The Labute approximate surface area is 153 Å². The van der Waals surface area contributed by atoms with Crippen LogP contribution in [-0.4, -0.2) is 70.3 Å². The highest BCUT2D eigenvalue weighted by Gasteiger charge is 2.46. The summed E-state index contributed by atoms with van der Waals surface area (Å²) in [5.41, 5.74) is -0.110. The lowest BCUT2D eigenvalue weighted by atomic mass is 9.85. The molecule has 1 saturated heterocycles. The predicted octanol–water partition coefficient (Wildman–Crippen LogP) is 1.68. The van der Waals surface area contributed by atoms with Crippen molar-refractivity contribution in [3.8, 4) is 0 Å². The lowest BCUT2D eigenvalue weighted by Crippen LogP contribution is -2.72. The largest absolute Gasteiger partial charge is 0.345 e. The van der Waals surface area contributed by atoms with Gasteiger partial charge in [-0.2, -0.15) is 0 Å². The second-order valence-corrected chi connectivity index (χ2v) is 7.14. The third-order valence-corrected chi connectivity index (χ3v) is 4.65. The van der Waals surface area contributed by atoms with E-state index in [-0.39, 0.29) is 23.1 Å². The van der Waals surface area contributed by atoms with Crippen molar-refractivity contribution < 1.29 is 9.59 Å². The Morgan fingerprint density at radius 1 is 1.56 bits per heavy atom. The minimum atomic E-state index is -0.458. The molecule has 1 unspecified atom stereocenters. The summed E-state index contributed by atoms with van der Waals surface area (Å²) >= 11 is 5.73. The molecular formula is C17H26ClN5O2. The fourth-order valence-electron chi connectivity index (χ4n) is 3.18. The molecule has 1 aliphatic heterocycles. The van der Waals surface area contributed by atoms with Gasteiger partial charge in [-0.3, -0.25) is 14.5 Å². The summed E-state index contributed by atoms with van der Waals surface area (Å²) in [5, 5.41) is 3.32. The zero-order valence-corrected chi connectivity index (χ0v) is 15.8. The van der Waals surface area contributed by atoms with Crippen molar-refractivity contribution in [2.24, 2.45) is 0 Å². The second-order valence-electron chi connectivity index (χ2n) is 6.78. The summed E-state index contributed by atoms with van der Waals surface area (Å²) in [6.07, 6.45) is 5.52. The van der Waals surface area contributed by atoms with Gasteiger partial charge in [0.2, 0.25) is 11.2 Å². The van der Waals surface area contributed by atoms with E-state index in [2.05, 4.69) is 28.8 Å². The second kappa shape index (κ2) is 8.01. The van der Waals surface area contributed by atoms with Gasteiger partial charge in [-0.05, 0) is 38.5 Å². The highest BCUT2D eigenvalue weighted by molar-refractivity contribution is 6.28. The molecule has 1 atom stereocenters. The van der Waals surface area contributed by atoms with Gasteiger partial charge in [0.25, 0.3) is 5.91 Å². The van der Waals surface area contributed by atoms with Crippen LogP contribution >= 0.6 is 11.6 Å². The number of aromatic nitrogens is 2. The molecule has 0 spiro atoms. The van der Waals surface area contributed by atoms with E-state index >= 15 is 0 Å². The Balaban J connectivity index is 2.03. The fourth-order valence-corrected chi connectivity index (χ4v) is 3.33. The SMILES string of the molecule is C=CCC1(NC(=O)C(CCC)N(C)C)CN(C(=O)c2cnc(Cl)[nH]2)C1. The molecule has 0 bridgehead atoms. The van der Waals surface area contributed by atoms with E-state index in [1.807, 2.05) is 19.0 Å². The van der Waals surface area contributed by atoms with Crippen LogP contribution in [0, 0.1) is 0 Å². The van der Waals surface area contributed by atoms with Gasteiger partial charge in [0.15, 0.2) is 0 Å². The third kappa shape index (κ3) is 4.41. The first kappa shape index (κ1) is 19.5. The molecule has 1 fully saturated rings. The van der Waals surface area contributed by atoms with Crippen LogP contribution < -0.4 is 5.32 Å². The molecule has 0 aliphatic carbocycles. The van der Waals surface area contributed by atoms with E-state index in [4.69, 9.17) is 11.6 Å². The molecule has 7 nitrogen and oxygen atoms in total. The number of hydrogen-bond donors (Lipinski definition) is 2. The average molecular weight is 368 g/mol. The average Bonchev–Trinajstić information content (AvgIpc) is 2.95. The number of hydrogen-bond acceptors (Lipinski definition) is 4. The number of carbonyl (C=O) groups is 2. The van der Waals surface area contributed by atoms with Gasteiger partial charge in [0, 0.05) is 13.1 Å². The van der Waals surface area contributed by atoms with Crippen LogP contribution in [0.25, 0.3) is 0 Å². The van der Waals surface area contributed by atoms with E-state index in [0.29, 0.717) is 25.2 Å². The molecule has 0 aromatic carbocycles. The number of likely N-dealkylation sites (tertiary alicyclic amines) is 1. The Morgan fingerprint density at radius 2 is 2.24 bits per heavy atom. The first-order valence-electron chi connectivity index (χ1n) is 8.41. The van der Waals surface area contributed by atoms with Crippen molar-refractivity contribution in [2.75, 3.05) is 27.2 Å². The van der Waals surface area contributed by atoms with Crippen LogP contribution in [0.15, 0.2) is 18.9 Å². The summed E-state index contributed by atoms with van der Waals surface area (Å²) in [7, 11) is 3.80. The number of rotatable bonds is 8. The van der Waals surface area contributed by atoms with Gasteiger partial charge >= 0.3 is 0 Å². The van der Waals surface area contributed by atoms with Crippen LogP contribution in [0.4, 0.5) is 0 Å². The highest BCUT2D eigenvalue weighted by atomic mass is 35.5. The molecule has 2 amide bonds. The molecule has 2 heterocycles. The van der Waals surface area contributed by atoms with E-state index in [1.54, 1.807) is 11.0 Å². The predicted molar refractivity (Wildman–Crippen MR) is 97.6 cm³/mol. The van der Waals surface area contributed by atoms with E-state index in [1.165, 1.54) is 6.20 Å². The maximum Gasteiger partial charge on any atom is 0.272 e. The van der Waals surface area contributed by atoms with Crippen molar-refractivity contribution in [1.29, 1.82) is 0 Å². The van der Waals surface area contributed by atoms with Crippen LogP contribution in [-0.2, 0) is 4.79 Å². The van der Waals surface area contributed by atoms with Crippen molar-refractivity contribution in [3.63, 3.8) is 0 Å². The number of amides is 2. The molecule has 0 saturated carbocycles. The monoisotopic (exact) mass is 367 g/mol. The lowest BCUT2D eigenvalue weighted by Gasteiger charge is -2.50. The third-order valence-electron chi connectivity index (χ3n) is 4.46. The number of aromatic amines is 1. The maximum atomic E-state index is 12.7. The minimum absolute atomic E-state index is 0.00890. The molecule has 1 aromatic rings. The summed E-state index contributed by atoms with van der Waals surface area (Å²) < 4.78 is 0. The topological polar surface area (TPSA) is 81.3 Å². The summed E-state index contributed by atoms with van der Waals surface area (Å²) in [6.45, 7) is 6.72. The van der Waals surface area contributed by atoms with Gasteiger partial charge in [-0.15, -0.1) is 6.58 Å². The molecule has 1 aliphatic rings. The molecule has 25 heavy (non-hydrogen) atoms. The first-order chi connectivity index (χ1) is 11.8. The van der Waals surface area contributed by atoms with E-state index in [0.717, 1.165) is 12.8 Å². The van der Waals surface area contributed by atoms with Gasteiger partial charge in [0.05, 0.1) is 17.8 Å². The molecule has 0 radical (unpaired) electrons. The summed E-state index contributed by atoms with van der Waals surface area (Å²) in [5.74, 6) is -0.184. The number of likely N-dealkylation sites (N-methyl/N-ethyl adjacent to an activating group) is 1. The zero-order valence-electron chi connectivity index (χ0n) is 15.0. The summed E-state index contributed by atoms with van der Waals surface area (Å²) in [4.78, 5) is 35.2. The van der Waals surface area contributed by atoms with Crippen LogP contribution in [0.1, 0.15) is 36.7 Å². The standard InChI is InChI=1S/C17H26ClN5O2/c1-5-7-13(22(3)4)14(24)21-17(8-6-2)10-23(11-17)15(25)12-9-19-16(18)20-12/h6,9,13H,2,5,7-8,10-11H2,1,3-4H3,(H,19,20)(H,21,24). The van der Waals surface area contributed by atoms with Crippen LogP contribution in [0.2, 0.25) is 5.28 Å². The number of carbonyl (C=O) groups excluding carboxylic acids is 2. The maximum absolute atomic E-state index is 12.7. The van der Waals surface area contributed by atoms with Crippen molar-refractivity contribution >= 4 is 23.4 Å². The van der Waals surface area contributed by atoms with Crippen LogP contribution in [0.3, 0.4) is 0 Å². The smallest absolute Gasteiger partial charge is 0.272 e. The number of halogens is 1. The molecule has 2 N–H and O–H groups in total. The number of nitrogens with one attached hydrogen (secondary N) is 2. The summed E-state index contributed by atoms with van der Waals surface area (Å²) in [6, 6.07) is -0.178. The molecule has 138 valence electrons. The number of nitrogens with zero attached hydrogens (tertiary/aromatic N) is 3. The van der Waals surface area contributed by atoms with E-state index < -0.39 is 5.54 Å². The van der Waals surface area contributed by atoms with Gasteiger partial charge in [0.1, 0.15) is 5.69 Å². The Hall–Kier alpha value is -1.86. The Kier molecular flexibility index (Phi) is 6.24. The molecule has 8 heteroatoms. The first-order valence-corrected chi connectivity index (χ1v) is 8.79. The van der Waals surface area contributed by atoms with E-state index in [9.17, 15) is 9.59 Å². The van der Waals surface area contributed by atoms with Crippen molar-refractivity contribution in [2.45, 2.75) is 37.8 Å². The quantitative estimate of drug-likeness (QED) is 0.685. The van der Waals surface area contributed by atoms with Crippen molar-refractivity contribution in [3.05, 3.63) is 29.8 Å². The van der Waals surface area contributed by atoms with Gasteiger partial charge < -0.3 is 15.2 Å². The lowest BCUT2D eigenvalue weighted by molar-refractivity contribution is -0.129. The highest BCUT2D eigenvalue weighted by Crippen LogP contribution is 2.27. The van der Waals surface area contributed by atoms with Crippen LogP contribution in [0.5, 0.6) is 0 Å². The van der Waals surface area contributed by atoms with Gasteiger partial charge in [-0.25, -0.2) is 4.98 Å². The zero-order chi connectivity index (χ0) is 18.6. The normalized spacial score (nSPS) is 17.1. The number of H-pyrrole nitrogens is 1. The Bertz CT molecular complexity index is 637. The Morgan fingerprint density at radius 3 is 2.72 bits per heavy atom. The molecule has 2 rings (SSSR count). The van der Waals surface area contributed by atoms with Crippen molar-refractivity contribution in [1.82, 2.24) is 25.1 Å². The number of imidazole rings is 1. The molecule has 1 aromatic heterocycles. The minimum Gasteiger partial charge on any atom is -0.345 e. The van der Waals surface area contributed by atoms with Gasteiger partial charge in [-0.1, -0.05) is 19.4 Å². The fraction of sp³-hybridized carbons (Fsp3) is 0.588.